The third-order valence-corrected chi connectivity index (χ3v) is 3.92. The van der Waals surface area contributed by atoms with Crippen molar-refractivity contribution in [3.63, 3.8) is 0 Å². The van der Waals surface area contributed by atoms with Crippen molar-refractivity contribution in [2.75, 3.05) is 20.8 Å². The second-order valence-electron chi connectivity index (χ2n) is 5.35. The van der Waals surface area contributed by atoms with Crippen molar-refractivity contribution < 1.29 is 23.6 Å². The molecule has 0 saturated carbocycles. The molecule has 126 valence electrons. The second kappa shape index (κ2) is 6.23. The average molecular weight is 331 g/mol. The number of nitrogens with two attached hydrogens (primary N) is 1. The maximum atomic E-state index is 12.1. The van der Waals surface area contributed by atoms with Gasteiger partial charge in [0.15, 0.2) is 23.0 Å². The highest BCUT2D eigenvalue weighted by Gasteiger charge is 2.29. The van der Waals surface area contributed by atoms with E-state index in [2.05, 4.69) is 10.5 Å². The number of ether oxygens (including phenoxy) is 2. The van der Waals surface area contributed by atoms with E-state index in [1.54, 1.807) is 14.2 Å². The number of rotatable bonds is 5. The Balaban J connectivity index is 1.99. The van der Waals surface area contributed by atoms with E-state index in [1.165, 1.54) is 0 Å². The summed E-state index contributed by atoms with van der Waals surface area (Å²) < 4.78 is 16.0. The Labute approximate surface area is 137 Å². The van der Waals surface area contributed by atoms with E-state index in [9.17, 15) is 9.59 Å². The Kier molecular flexibility index (Phi) is 4.11. The van der Waals surface area contributed by atoms with Gasteiger partial charge in [0.05, 0.1) is 20.8 Å². The monoisotopic (exact) mass is 331 g/mol. The number of fused-ring (bicyclic) bond motifs is 3. The fourth-order valence-electron chi connectivity index (χ4n) is 2.78. The molecule has 1 aliphatic carbocycles. The van der Waals surface area contributed by atoms with Crippen LogP contribution in [0.5, 0.6) is 11.5 Å². The van der Waals surface area contributed by atoms with Gasteiger partial charge in [-0.15, -0.1) is 0 Å². The highest BCUT2D eigenvalue weighted by Crippen LogP contribution is 2.41. The molecule has 0 saturated heterocycles. The fourth-order valence-corrected chi connectivity index (χ4v) is 2.78. The molecule has 0 radical (unpaired) electrons. The van der Waals surface area contributed by atoms with Gasteiger partial charge in [-0.2, -0.15) is 0 Å². The molecule has 3 rings (SSSR count). The minimum atomic E-state index is -0.622. The molecular weight excluding hydrogens is 314 g/mol. The van der Waals surface area contributed by atoms with Crippen LogP contribution in [0, 0.1) is 0 Å². The number of primary amides is 1. The number of carbonyl (C=O) groups is 2. The molecule has 1 heterocycles. The van der Waals surface area contributed by atoms with E-state index < -0.39 is 11.8 Å². The minimum Gasteiger partial charge on any atom is -0.493 e. The van der Waals surface area contributed by atoms with Gasteiger partial charge in [-0.25, -0.2) is 0 Å². The van der Waals surface area contributed by atoms with Gasteiger partial charge in [-0.1, -0.05) is 5.16 Å². The number of nitrogens with zero attached hydrogens (tertiary/aromatic N) is 1. The molecule has 24 heavy (non-hydrogen) atoms. The van der Waals surface area contributed by atoms with Gasteiger partial charge in [0.2, 0.25) is 5.91 Å². The second-order valence-corrected chi connectivity index (χ2v) is 5.35. The predicted molar refractivity (Wildman–Crippen MR) is 84.0 cm³/mol. The lowest BCUT2D eigenvalue weighted by Gasteiger charge is -2.18. The number of amides is 2. The topological polar surface area (TPSA) is 117 Å². The van der Waals surface area contributed by atoms with Gasteiger partial charge < -0.3 is 25.0 Å². The van der Waals surface area contributed by atoms with Crippen LogP contribution < -0.4 is 20.5 Å². The lowest BCUT2D eigenvalue weighted by atomic mass is 9.89. The lowest BCUT2D eigenvalue weighted by molar-refractivity contribution is -0.117. The van der Waals surface area contributed by atoms with Gasteiger partial charge >= 0.3 is 0 Å². The van der Waals surface area contributed by atoms with E-state index in [0.717, 1.165) is 11.1 Å². The molecule has 8 nitrogen and oxygen atoms in total. The zero-order valence-corrected chi connectivity index (χ0v) is 13.3. The number of hydrogen-bond donors (Lipinski definition) is 2. The van der Waals surface area contributed by atoms with Crippen molar-refractivity contribution in [3.8, 4) is 22.8 Å². The first-order valence-electron chi connectivity index (χ1n) is 7.35. The normalized spacial score (nSPS) is 12.1. The highest BCUT2D eigenvalue weighted by molar-refractivity contribution is 5.97. The predicted octanol–water partition coefficient (Wildman–Crippen LogP) is 0.673. The number of nitrogens with one attached hydrogen (secondary N) is 1. The van der Waals surface area contributed by atoms with Crippen molar-refractivity contribution in [2.45, 2.75) is 12.8 Å². The van der Waals surface area contributed by atoms with Crippen LogP contribution in [0.15, 0.2) is 16.7 Å². The largest absolute Gasteiger partial charge is 0.493 e. The van der Waals surface area contributed by atoms with Crippen LogP contribution >= 0.6 is 0 Å². The van der Waals surface area contributed by atoms with Crippen molar-refractivity contribution in [2.24, 2.45) is 5.73 Å². The molecule has 1 aliphatic rings. The van der Waals surface area contributed by atoms with Crippen LogP contribution in [-0.2, 0) is 17.6 Å². The molecule has 1 aromatic heterocycles. The smallest absolute Gasteiger partial charge is 0.274 e. The zero-order chi connectivity index (χ0) is 17.3. The number of aryl methyl sites for hydroxylation is 1. The first kappa shape index (κ1) is 15.9. The van der Waals surface area contributed by atoms with Crippen LogP contribution in [0.2, 0.25) is 0 Å². The maximum Gasteiger partial charge on any atom is 0.274 e. The molecule has 3 N–H and O–H groups in total. The fraction of sp³-hybridized carbons (Fsp3) is 0.312. The summed E-state index contributed by atoms with van der Waals surface area (Å²) in [5.41, 5.74) is 7.75. The van der Waals surface area contributed by atoms with Crippen LogP contribution in [0.4, 0.5) is 0 Å². The summed E-state index contributed by atoms with van der Waals surface area (Å²) in [5, 5.41) is 6.28. The summed E-state index contributed by atoms with van der Waals surface area (Å²) >= 11 is 0. The molecule has 0 aliphatic heterocycles. The highest BCUT2D eigenvalue weighted by atomic mass is 16.5. The van der Waals surface area contributed by atoms with Crippen molar-refractivity contribution in [1.82, 2.24) is 10.5 Å². The Bertz CT molecular complexity index is 812. The number of aromatic nitrogens is 1. The zero-order valence-electron chi connectivity index (χ0n) is 13.3. The van der Waals surface area contributed by atoms with E-state index in [-0.39, 0.29) is 12.2 Å². The molecule has 2 aromatic rings. The molecule has 0 spiro atoms. The summed E-state index contributed by atoms with van der Waals surface area (Å²) in [4.78, 5) is 22.9. The van der Waals surface area contributed by atoms with E-state index in [0.29, 0.717) is 35.7 Å². The third kappa shape index (κ3) is 2.66. The summed E-state index contributed by atoms with van der Waals surface area (Å²) in [6.45, 7) is -0.248. The molecule has 1 aromatic carbocycles. The Hall–Kier alpha value is -3.03. The summed E-state index contributed by atoms with van der Waals surface area (Å²) in [7, 11) is 3.13. The van der Waals surface area contributed by atoms with Gasteiger partial charge in [0.25, 0.3) is 5.91 Å². The number of hydrogen-bond acceptors (Lipinski definition) is 6. The average Bonchev–Trinajstić information content (AvgIpc) is 3.02. The molecule has 0 atom stereocenters. The third-order valence-electron chi connectivity index (χ3n) is 3.92. The Morgan fingerprint density at radius 2 is 1.96 bits per heavy atom. The van der Waals surface area contributed by atoms with Gasteiger partial charge in [0.1, 0.15) is 0 Å². The number of carbonyl (C=O) groups excluding carboxylic acids is 2. The van der Waals surface area contributed by atoms with E-state index in [1.807, 2.05) is 12.1 Å². The molecule has 0 fully saturated rings. The van der Waals surface area contributed by atoms with Crippen LogP contribution in [0.3, 0.4) is 0 Å². The Morgan fingerprint density at radius 3 is 2.62 bits per heavy atom. The van der Waals surface area contributed by atoms with Crippen LogP contribution in [0.1, 0.15) is 21.6 Å². The molecule has 2 amide bonds. The van der Waals surface area contributed by atoms with Crippen molar-refractivity contribution >= 4 is 11.8 Å². The van der Waals surface area contributed by atoms with E-state index in [4.69, 9.17) is 19.7 Å². The number of benzene rings is 1. The molecular formula is C16H17N3O5. The lowest BCUT2D eigenvalue weighted by Crippen LogP contribution is -2.34. The van der Waals surface area contributed by atoms with Crippen LogP contribution in [0.25, 0.3) is 11.3 Å². The summed E-state index contributed by atoms with van der Waals surface area (Å²) in [5.74, 6) is 0.630. The van der Waals surface area contributed by atoms with E-state index >= 15 is 0 Å². The van der Waals surface area contributed by atoms with Crippen molar-refractivity contribution in [3.05, 3.63) is 29.0 Å². The Morgan fingerprint density at radius 1 is 1.25 bits per heavy atom. The summed E-state index contributed by atoms with van der Waals surface area (Å²) in [6.07, 6.45) is 1.31. The van der Waals surface area contributed by atoms with Gasteiger partial charge in [-0.05, 0) is 30.5 Å². The quantitative estimate of drug-likeness (QED) is 0.832. The minimum absolute atomic E-state index is 0.173. The first-order chi connectivity index (χ1) is 11.5. The van der Waals surface area contributed by atoms with Gasteiger partial charge in [-0.3, -0.25) is 9.59 Å². The molecule has 0 bridgehead atoms. The maximum absolute atomic E-state index is 12.1. The van der Waals surface area contributed by atoms with Gasteiger partial charge in [0, 0.05) is 11.1 Å². The summed E-state index contributed by atoms with van der Waals surface area (Å²) in [6, 6.07) is 3.70. The molecule has 0 unspecified atom stereocenters. The standard InChI is InChI=1S/C16H17N3O5/c1-22-11-5-8-3-4-9-14(16(21)18-7-13(17)20)19-24-15(9)10(8)6-12(11)23-2/h5-6H,3-4,7H2,1-2H3,(H2,17,20)(H,18,21). The first-order valence-corrected chi connectivity index (χ1v) is 7.35. The molecule has 8 heteroatoms. The number of methoxy groups -OCH3 is 2. The SMILES string of the molecule is COc1cc2c(cc1OC)-c1onc(C(=O)NCC(N)=O)c1CC2. The van der Waals surface area contributed by atoms with Crippen molar-refractivity contribution in [1.29, 1.82) is 0 Å². The van der Waals surface area contributed by atoms with Crippen LogP contribution in [-0.4, -0.2) is 37.7 Å².